The van der Waals surface area contributed by atoms with Crippen molar-refractivity contribution in [3.63, 3.8) is 0 Å². The number of benzene rings is 3. The predicted octanol–water partition coefficient (Wildman–Crippen LogP) is 6.77. The van der Waals surface area contributed by atoms with E-state index in [4.69, 9.17) is 4.99 Å². The van der Waals surface area contributed by atoms with E-state index < -0.39 is 0 Å². The Hall–Kier alpha value is -2.37. The first-order valence-electron chi connectivity index (χ1n) is 9.05. The fourth-order valence-corrected chi connectivity index (χ4v) is 4.90. The van der Waals surface area contributed by atoms with Gasteiger partial charge in [-0.1, -0.05) is 52.3 Å². The number of rotatable bonds is 3. The molecule has 5 heteroatoms. The standard InChI is InChI=1S/C23H19BrN2OS/c1-15(27)25-19-9-5-6-16(13-19)21-14-23(17-7-4-8-18(24)12-17)28-22-11-3-2-10-20(22)26-21/h2-13,23H,14H2,1H3,(H,25,27)/t23-/m0/s1. The zero-order chi connectivity index (χ0) is 19.5. The van der Waals surface area contributed by atoms with Crippen LogP contribution in [0.2, 0.25) is 0 Å². The van der Waals surface area contributed by atoms with Gasteiger partial charge in [-0.15, -0.1) is 11.8 Å². The van der Waals surface area contributed by atoms with Gasteiger partial charge in [0.1, 0.15) is 0 Å². The Morgan fingerprint density at radius 1 is 1.07 bits per heavy atom. The Bertz CT molecular complexity index is 1060. The number of anilines is 1. The SMILES string of the molecule is CC(=O)Nc1cccc(C2=Nc3ccccc3S[C@H](c3cccc(Br)c3)C2)c1. The Labute approximate surface area is 177 Å². The van der Waals surface area contributed by atoms with E-state index >= 15 is 0 Å². The number of nitrogens with one attached hydrogen (secondary N) is 1. The summed E-state index contributed by atoms with van der Waals surface area (Å²) in [5.74, 6) is -0.0760. The van der Waals surface area contributed by atoms with Crippen LogP contribution in [0.4, 0.5) is 11.4 Å². The van der Waals surface area contributed by atoms with Crippen LogP contribution < -0.4 is 5.32 Å². The molecule has 0 saturated heterocycles. The van der Waals surface area contributed by atoms with E-state index in [2.05, 4.69) is 63.7 Å². The molecular formula is C23H19BrN2OS. The molecule has 3 aromatic rings. The lowest BCUT2D eigenvalue weighted by atomic mass is 10.0. The molecule has 1 N–H and O–H groups in total. The van der Waals surface area contributed by atoms with Crippen molar-refractivity contribution in [3.05, 3.63) is 88.4 Å². The number of hydrogen-bond acceptors (Lipinski definition) is 3. The van der Waals surface area contributed by atoms with Crippen LogP contribution in [0.3, 0.4) is 0 Å². The molecule has 0 fully saturated rings. The largest absolute Gasteiger partial charge is 0.326 e. The Kier molecular flexibility index (Phi) is 5.64. The predicted molar refractivity (Wildman–Crippen MR) is 121 cm³/mol. The lowest BCUT2D eigenvalue weighted by Gasteiger charge is -2.17. The van der Waals surface area contributed by atoms with Crippen molar-refractivity contribution in [1.29, 1.82) is 0 Å². The molecule has 28 heavy (non-hydrogen) atoms. The number of carbonyl (C=O) groups is 1. The topological polar surface area (TPSA) is 41.5 Å². The first kappa shape index (κ1) is 19.0. The van der Waals surface area contributed by atoms with Crippen molar-refractivity contribution in [1.82, 2.24) is 0 Å². The number of thioether (sulfide) groups is 1. The highest BCUT2D eigenvalue weighted by Crippen LogP contribution is 2.45. The number of fused-ring (bicyclic) bond motifs is 1. The molecule has 1 amide bonds. The number of hydrogen-bond donors (Lipinski definition) is 1. The second-order valence-electron chi connectivity index (χ2n) is 6.65. The van der Waals surface area contributed by atoms with Gasteiger partial charge in [0, 0.05) is 39.4 Å². The van der Waals surface area contributed by atoms with Gasteiger partial charge < -0.3 is 5.32 Å². The van der Waals surface area contributed by atoms with Gasteiger partial charge in [-0.2, -0.15) is 0 Å². The molecule has 3 nitrogen and oxygen atoms in total. The van der Waals surface area contributed by atoms with Crippen molar-refractivity contribution in [2.24, 2.45) is 4.99 Å². The third-order valence-corrected chi connectivity index (χ3v) is 6.32. The lowest BCUT2D eigenvalue weighted by molar-refractivity contribution is -0.114. The maximum absolute atomic E-state index is 11.4. The molecule has 1 heterocycles. The van der Waals surface area contributed by atoms with Gasteiger partial charge in [0.2, 0.25) is 5.91 Å². The normalized spacial score (nSPS) is 15.9. The second kappa shape index (κ2) is 8.33. The zero-order valence-electron chi connectivity index (χ0n) is 15.4. The Morgan fingerprint density at radius 3 is 2.71 bits per heavy atom. The van der Waals surface area contributed by atoms with Crippen LogP contribution in [0.25, 0.3) is 0 Å². The molecule has 0 aliphatic carbocycles. The third kappa shape index (κ3) is 4.37. The van der Waals surface area contributed by atoms with E-state index in [9.17, 15) is 4.79 Å². The van der Waals surface area contributed by atoms with Crippen LogP contribution in [0.5, 0.6) is 0 Å². The average molecular weight is 451 g/mol. The van der Waals surface area contributed by atoms with Crippen molar-refractivity contribution >= 4 is 50.7 Å². The van der Waals surface area contributed by atoms with Gasteiger partial charge in [0.25, 0.3) is 0 Å². The fraction of sp³-hybridized carbons (Fsp3) is 0.130. The van der Waals surface area contributed by atoms with Crippen LogP contribution in [-0.4, -0.2) is 11.6 Å². The van der Waals surface area contributed by atoms with E-state index in [1.54, 1.807) is 0 Å². The summed E-state index contributed by atoms with van der Waals surface area (Å²) in [5, 5.41) is 3.12. The summed E-state index contributed by atoms with van der Waals surface area (Å²) < 4.78 is 1.08. The molecule has 0 radical (unpaired) electrons. The minimum atomic E-state index is -0.0760. The summed E-state index contributed by atoms with van der Waals surface area (Å²) >= 11 is 5.44. The number of para-hydroxylation sites is 1. The molecule has 140 valence electrons. The average Bonchev–Trinajstić information content (AvgIpc) is 2.87. The Balaban J connectivity index is 1.77. The number of carbonyl (C=O) groups excluding carboxylic acids is 1. The third-order valence-electron chi connectivity index (χ3n) is 4.51. The first-order chi connectivity index (χ1) is 13.6. The molecule has 3 aromatic carbocycles. The molecule has 1 aliphatic rings. The maximum atomic E-state index is 11.4. The summed E-state index contributed by atoms with van der Waals surface area (Å²) in [5.41, 5.74) is 5.10. The number of amides is 1. The lowest BCUT2D eigenvalue weighted by Crippen LogP contribution is -2.09. The van der Waals surface area contributed by atoms with Crippen LogP contribution in [0, 0.1) is 0 Å². The van der Waals surface area contributed by atoms with Crippen LogP contribution in [0.1, 0.15) is 29.7 Å². The van der Waals surface area contributed by atoms with E-state index in [0.717, 1.165) is 33.5 Å². The number of nitrogens with zero attached hydrogens (tertiary/aromatic N) is 1. The molecule has 0 spiro atoms. The van der Waals surface area contributed by atoms with Crippen LogP contribution in [0.15, 0.2) is 87.2 Å². The van der Waals surface area contributed by atoms with E-state index in [-0.39, 0.29) is 11.2 Å². The van der Waals surface area contributed by atoms with Gasteiger partial charge in [-0.3, -0.25) is 9.79 Å². The van der Waals surface area contributed by atoms with Crippen LogP contribution >= 0.6 is 27.7 Å². The Morgan fingerprint density at radius 2 is 1.89 bits per heavy atom. The van der Waals surface area contributed by atoms with Crippen molar-refractivity contribution in [2.75, 3.05) is 5.32 Å². The van der Waals surface area contributed by atoms with Gasteiger partial charge in [0.05, 0.1) is 5.69 Å². The van der Waals surface area contributed by atoms with Gasteiger partial charge >= 0.3 is 0 Å². The molecule has 0 aromatic heterocycles. The highest BCUT2D eigenvalue weighted by molar-refractivity contribution is 9.10. The minimum Gasteiger partial charge on any atom is -0.326 e. The summed E-state index contributed by atoms with van der Waals surface area (Å²) in [6.07, 6.45) is 0.805. The van der Waals surface area contributed by atoms with E-state index in [1.807, 2.05) is 42.1 Å². The summed E-state index contributed by atoms with van der Waals surface area (Å²) in [4.78, 5) is 17.6. The van der Waals surface area contributed by atoms with E-state index in [1.165, 1.54) is 17.4 Å². The molecule has 0 saturated carbocycles. The highest BCUT2D eigenvalue weighted by atomic mass is 79.9. The highest BCUT2D eigenvalue weighted by Gasteiger charge is 2.22. The van der Waals surface area contributed by atoms with Crippen LogP contribution in [-0.2, 0) is 4.79 Å². The quantitative estimate of drug-likeness (QED) is 0.478. The van der Waals surface area contributed by atoms with Gasteiger partial charge in [0.15, 0.2) is 0 Å². The molecule has 1 aliphatic heterocycles. The molecular weight excluding hydrogens is 432 g/mol. The first-order valence-corrected chi connectivity index (χ1v) is 10.7. The minimum absolute atomic E-state index is 0.0760. The van der Waals surface area contributed by atoms with Crippen molar-refractivity contribution < 1.29 is 4.79 Å². The maximum Gasteiger partial charge on any atom is 0.221 e. The molecule has 1 atom stereocenters. The van der Waals surface area contributed by atoms with Crippen molar-refractivity contribution in [2.45, 2.75) is 23.5 Å². The number of halogens is 1. The number of aliphatic imine (C=N–C) groups is 1. The monoisotopic (exact) mass is 450 g/mol. The molecule has 4 rings (SSSR count). The second-order valence-corrected chi connectivity index (χ2v) is 8.81. The van der Waals surface area contributed by atoms with E-state index in [0.29, 0.717) is 0 Å². The summed E-state index contributed by atoms with van der Waals surface area (Å²) in [6.45, 7) is 1.52. The van der Waals surface area contributed by atoms with Gasteiger partial charge in [-0.25, -0.2) is 0 Å². The molecule has 0 bridgehead atoms. The smallest absolute Gasteiger partial charge is 0.221 e. The summed E-state index contributed by atoms with van der Waals surface area (Å²) in [6, 6.07) is 24.6. The van der Waals surface area contributed by atoms with Gasteiger partial charge in [-0.05, 0) is 47.5 Å². The summed E-state index contributed by atoms with van der Waals surface area (Å²) in [7, 11) is 0. The fourth-order valence-electron chi connectivity index (χ4n) is 3.27. The zero-order valence-corrected chi connectivity index (χ0v) is 17.8. The van der Waals surface area contributed by atoms with Crippen molar-refractivity contribution in [3.8, 4) is 0 Å². The molecule has 0 unspecified atom stereocenters.